The molecule has 1 aliphatic rings. The van der Waals surface area contributed by atoms with E-state index >= 15 is 0 Å². The van der Waals surface area contributed by atoms with E-state index < -0.39 is 0 Å². The van der Waals surface area contributed by atoms with Crippen LogP contribution in [0.4, 0.5) is 0 Å². The summed E-state index contributed by atoms with van der Waals surface area (Å²) in [5.41, 5.74) is 3.79. The number of aryl methyl sites for hydroxylation is 3. The molecule has 1 aliphatic heterocycles. The van der Waals surface area contributed by atoms with E-state index in [9.17, 15) is 4.79 Å². The summed E-state index contributed by atoms with van der Waals surface area (Å²) in [6.45, 7) is 6.00. The zero-order chi connectivity index (χ0) is 20.9. The van der Waals surface area contributed by atoms with Gasteiger partial charge in [-0.15, -0.1) is 0 Å². The fourth-order valence-electron chi connectivity index (χ4n) is 3.75. The average Bonchev–Trinajstić information content (AvgIpc) is 3.39. The van der Waals surface area contributed by atoms with Crippen LogP contribution < -0.4 is 9.47 Å². The Hall–Kier alpha value is -3.28. The van der Waals surface area contributed by atoms with E-state index in [1.165, 1.54) is 5.56 Å². The first kappa shape index (κ1) is 20.0. The van der Waals surface area contributed by atoms with Gasteiger partial charge in [-0.25, -0.2) is 0 Å². The molecule has 3 aromatic rings. The van der Waals surface area contributed by atoms with Gasteiger partial charge in [0.2, 0.25) is 6.79 Å². The molecule has 30 heavy (non-hydrogen) atoms. The molecule has 0 bridgehead atoms. The normalized spacial score (nSPS) is 12.2. The van der Waals surface area contributed by atoms with Crippen LogP contribution in [0, 0.1) is 6.92 Å². The number of carbonyl (C=O) groups excluding carboxylic acids is 1. The Balaban J connectivity index is 1.53. The molecule has 0 unspecified atom stereocenters. The van der Waals surface area contributed by atoms with Crippen LogP contribution in [-0.4, -0.2) is 33.9 Å². The smallest absolute Gasteiger partial charge is 0.272 e. The Morgan fingerprint density at radius 3 is 2.67 bits per heavy atom. The summed E-state index contributed by atoms with van der Waals surface area (Å²) in [5.74, 6) is 1.49. The van der Waals surface area contributed by atoms with Gasteiger partial charge in [-0.05, 0) is 56.0 Å². The molecule has 156 valence electrons. The van der Waals surface area contributed by atoms with Crippen LogP contribution in [0.1, 0.15) is 40.7 Å². The monoisotopic (exact) mass is 405 g/mol. The predicted octanol–water partition coefficient (Wildman–Crippen LogP) is 4.22. The third-order valence-corrected chi connectivity index (χ3v) is 5.25. The Kier molecular flexibility index (Phi) is 6.02. The summed E-state index contributed by atoms with van der Waals surface area (Å²) in [6.07, 6.45) is 1.82. The van der Waals surface area contributed by atoms with E-state index in [-0.39, 0.29) is 12.7 Å². The van der Waals surface area contributed by atoms with Crippen molar-refractivity contribution in [2.75, 3.05) is 13.3 Å². The third-order valence-electron chi connectivity index (χ3n) is 5.25. The fraction of sp³-hybridized carbons (Fsp3) is 0.333. The van der Waals surface area contributed by atoms with Crippen molar-refractivity contribution in [2.45, 2.75) is 39.8 Å². The molecular formula is C24H27N3O3. The number of benzene rings is 2. The van der Waals surface area contributed by atoms with Gasteiger partial charge in [-0.3, -0.25) is 9.48 Å². The average molecular weight is 405 g/mol. The molecule has 6 heteroatoms. The summed E-state index contributed by atoms with van der Waals surface area (Å²) < 4.78 is 12.7. The molecule has 0 atom stereocenters. The summed E-state index contributed by atoms with van der Waals surface area (Å²) in [5, 5.41) is 4.45. The van der Waals surface area contributed by atoms with E-state index in [0.717, 1.165) is 35.6 Å². The number of aromatic nitrogens is 2. The third kappa shape index (κ3) is 4.48. The minimum atomic E-state index is 0.00294. The predicted molar refractivity (Wildman–Crippen MR) is 115 cm³/mol. The summed E-state index contributed by atoms with van der Waals surface area (Å²) in [6, 6.07) is 18.1. The summed E-state index contributed by atoms with van der Waals surface area (Å²) in [7, 11) is 0. The van der Waals surface area contributed by atoms with Crippen LogP contribution in [0.2, 0.25) is 0 Å². The van der Waals surface area contributed by atoms with Gasteiger partial charge in [0.05, 0.1) is 5.69 Å². The number of fused-ring (bicyclic) bond motifs is 1. The molecule has 0 radical (unpaired) electrons. The first-order valence-corrected chi connectivity index (χ1v) is 10.4. The van der Waals surface area contributed by atoms with Crippen LogP contribution in [0.25, 0.3) is 0 Å². The highest BCUT2D eigenvalue weighted by Gasteiger charge is 2.22. The van der Waals surface area contributed by atoms with Gasteiger partial charge in [0, 0.05) is 19.6 Å². The molecule has 1 aromatic heterocycles. The van der Waals surface area contributed by atoms with E-state index in [2.05, 4.69) is 17.2 Å². The van der Waals surface area contributed by atoms with Gasteiger partial charge in [0.25, 0.3) is 5.91 Å². The molecule has 4 rings (SSSR count). The van der Waals surface area contributed by atoms with Crippen molar-refractivity contribution in [2.24, 2.45) is 0 Å². The first-order valence-electron chi connectivity index (χ1n) is 10.4. The zero-order valence-corrected chi connectivity index (χ0v) is 17.5. The van der Waals surface area contributed by atoms with Gasteiger partial charge in [-0.2, -0.15) is 5.10 Å². The minimum Gasteiger partial charge on any atom is -0.454 e. The molecular weight excluding hydrogens is 378 g/mol. The molecule has 2 heterocycles. The second-order valence-corrected chi connectivity index (χ2v) is 7.49. The fourth-order valence-corrected chi connectivity index (χ4v) is 3.75. The lowest BCUT2D eigenvalue weighted by molar-refractivity contribution is 0.0728. The number of amides is 1. The highest BCUT2D eigenvalue weighted by Crippen LogP contribution is 2.33. The topological polar surface area (TPSA) is 56.6 Å². The maximum atomic E-state index is 13.4. The molecule has 0 saturated heterocycles. The largest absolute Gasteiger partial charge is 0.454 e. The molecule has 0 aliphatic carbocycles. The Labute approximate surface area is 177 Å². The minimum absolute atomic E-state index is 0.00294. The van der Waals surface area contributed by atoms with Crippen molar-refractivity contribution in [1.82, 2.24) is 14.7 Å². The molecule has 0 saturated carbocycles. The van der Waals surface area contributed by atoms with E-state index in [4.69, 9.17) is 9.47 Å². The van der Waals surface area contributed by atoms with E-state index in [1.807, 2.05) is 61.2 Å². The van der Waals surface area contributed by atoms with Crippen LogP contribution in [0.5, 0.6) is 11.5 Å². The van der Waals surface area contributed by atoms with Gasteiger partial charge in [0.15, 0.2) is 11.5 Å². The lowest BCUT2D eigenvalue weighted by atomic mass is 10.1. The maximum Gasteiger partial charge on any atom is 0.272 e. The van der Waals surface area contributed by atoms with Crippen molar-refractivity contribution in [3.63, 3.8) is 0 Å². The molecule has 0 N–H and O–H groups in total. The van der Waals surface area contributed by atoms with Crippen molar-refractivity contribution in [1.29, 1.82) is 0 Å². The van der Waals surface area contributed by atoms with Crippen LogP contribution in [-0.2, 0) is 19.5 Å². The van der Waals surface area contributed by atoms with Crippen molar-refractivity contribution in [3.05, 3.63) is 77.1 Å². The number of rotatable bonds is 8. The number of carbonyl (C=O) groups is 1. The lowest BCUT2D eigenvalue weighted by Crippen LogP contribution is -2.33. The SMILES string of the molecule is CCn1nc(C)cc1C(=O)N(CCCc1ccccc1)Cc1ccc2c(c1)OCO2. The first-order chi connectivity index (χ1) is 14.6. The number of nitrogens with zero attached hydrogens (tertiary/aromatic N) is 3. The van der Waals surface area contributed by atoms with Gasteiger partial charge < -0.3 is 14.4 Å². The Bertz CT molecular complexity index is 1010. The summed E-state index contributed by atoms with van der Waals surface area (Å²) >= 11 is 0. The Morgan fingerprint density at radius 1 is 1.07 bits per heavy atom. The molecule has 1 amide bonds. The maximum absolute atomic E-state index is 13.4. The van der Waals surface area contributed by atoms with Crippen LogP contribution in [0.3, 0.4) is 0 Å². The second kappa shape index (κ2) is 9.03. The highest BCUT2D eigenvalue weighted by molar-refractivity contribution is 5.92. The van der Waals surface area contributed by atoms with E-state index in [0.29, 0.717) is 25.3 Å². The van der Waals surface area contributed by atoms with Crippen molar-refractivity contribution < 1.29 is 14.3 Å². The molecule has 0 spiro atoms. The van der Waals surface area contributed by atoms with Crippen molar-refractivity contribution in [3.8, 4) is 11.5 Å². The number of hydrogen-bond donors (Lipinski definition) is 0. The standard InChI is InChI=1S/C24H27N3O3/c1-3-27-21(14-18(2)25-27)24(28)26(13-7-10-19-8-5-4-6-9-19)16-20-11-12-22-23(15-20)30-17-29-22/h4-6,8-9,11-12,14-15H,3,7,10,13,16-17H2,1-2H3. The number of hydrogen-bond acceptors (Lipinski definition) is 4. The quantitative estimate of drug-likeness (QED) is 0.563. The van der Waals surface area contributed by atoms with Gasteiger partial charge >= 0.3 is 0 Å². The Morgan fingerprint density at radius 2 is 1.87 bits per heavy atom. The van der Waals surface area contributed by atoms with Crippen LogP contribution >= 0.6 is 0 Å². The summed E-state index contributed by atoms with van der Waals surface area (Å²) in [4.78, 5) is 15.3. The zero-order valence-electron chi connectivity index (χ0n) is 17.5. The van der Waals surface area contributed by atoms with Gasteiger partial charge in [-0.1, -0.05) is 36.4 Å². The van der Waals surface area contributed by atoms with Crippen LogP contribution in [0.15, 0.2) is 54.6 Å². The van der Waals surface area contributed by atoms with Gasteiger partial charge in [0.1, 0.15) is 5.69 Å². The molecule has 0 fully saturated rings. The molecule has 6 nitrogen and oxygen atoms in total. The molecule has 2 aromatic carbocycles. The van der Waals surface area contributed by atoms with E-state index in [1.54, 1.807) is 4.68 Å². The second-order valence-electron chi connectivity index (χ2n) is 7.49. The number of ether oxygens (including phenoxy) is 2. The van der Waals surface area contributed by atoms with Crippen molar-refractivity contribution >= 4 is 5.91 Å². The highest BCUT2D eigenvalue weighted by atomic mass is 16.7. The lowest BCUT2D eigenvalue weighted by Gasteiger charge is -2.23.